The van der Waals surface area contributed by atoms with Crippen molar-refractivity contribution in [1.82, 2.24) is 14.8 Å². The highest BCUT2D eigenvalue weighted by Crippen LogP contribution is 2.38. The number of nitro benzene ring substituents is 1. The summed E-state index contributed by atoms with van der Waals surface area (Å²) in [5.41, 5.74) is 7.23. The third kappa shape index (κ3) is 9.15. The van der Waals surface area contributed by atoms with Crippen LogP contribution in [-0.2, 0) is 10.3 Å². The van der Waals surface area contributed by atoms with Crippen LogP contribution in [0.2, 0.25) is 0 Å². The van der Waals surface area contributed by atoms with Crippen molar-refractivity contribution in [3.63, 3.8) is 0 Å². The van der Waals surface area contributed by atoms with Crippen molar-refractivity contribution in [2.45, 2.75) is 103 Å². The Morgan fingerprint density at radius 2 is 1.88 bits per heavy atom. The van der Waals surface area contributed by atoms with E-state index < -0.39 is 11.1 Å². The van der Waals surface area contributed by atoms with Gasteiger partial charge >= 0.3 is 6.16 Å². The van der Waals surface area contributed by atoms with Crippen LogP contribution < -0.4 is 20.5 Å². The van der Waals surface area contributed by atoms with Crippen LogP contribution >= 0.6 is 0 Å². The molecule has 0 spiro atoms. The summed E-state index contributed by atoms with van der Waals surface area (Å²) in [5.74, 6) is 1.65. The van der Waals surface area contributed by atoms with Crippen LogP contribution in [0.3, 0.4) is 0 Å². The number of rotatable bonds is 11. The van der Waals surface area contributed by atoms with Gasteiger partial charge in [-0.05, 0) is 91.8 Å². The molecule has 0 bridgehead atoms. The first-order valence-corrected chi connectivity index (χ1v) is 14.6. The first-order valence-electron chi connectivity index (χ1n) is 14.6. The third-order valence-electron chi connectivity index (χ3n) is 7.20. The number of nitro groups is 1. The van der Waals surface area contributed by atoms with Crippen molar-refractivity contribution in [3.05, 3.63) is 64.5 Å². The van der Waals surface area contributed by atoms with Crippen molar-refractivity contribution in [1.29, 1.82) is 0 Å². The summed E-state index contributed by atoms with van der Waals surface area (Å²) < 4.78 is 18.8. The number of anilines is 2. The van der Waals surface area contributed by atoms with Gasteiger partial charge in [0, 0.05) is 47.6 Å². The van der Waals surface area contributed by atoms with Gasteiger partial charge in [-0.3, -0.25) is 10.1 Å². The molecule has 2 aromatic heterocycles. The van der Waals surface area contributed by atoms with Gasteiger partial charge in [0.1, 0.15) is 17.7 Å². The molecule has 1 aliphatic rings. The molecule has 232 valence electrons. The summed E-state index contributed by atoms with van der Waals surface area (Å²) in [6.45, 7) is 12.3. The molecule has 43 heavy (non-hydrogen) atoms. The molecule has 0 saturated heterocycles. The number of aromatic nitrogens is 3. The van der Waals surface area contributed by atoms with Gasteiger partial charge in [0.15, 0.2) is 0 Å². The van der Waals surface area contributed by atoms with E-state index in [4.69, 9.17) is 25.0 Å². The molecule has 0 radical (unpaired) electrons. The number of carbonyl (C=O) groups is 1. The smallest absolute Gasteiger partial charge is 0.475 e. The average molecular weight is 595 g/mol. The predicted octanol–water partition coefficient (Wildman–Crippen LogP) is 6.82. The first-order chi connectivity index (χ1) is 20.2. The number of hydrogen-bond donors (Lipinski definition) is 2. The SMILES string of the molecule is CC(CCC(C)(C)N)Oc1cc(Nc2cc([C@H]3CC[C@@H](OC(=O)Oc4ccc([N+](=O)[O-])cc4)C3)nn2C(C)(C)C)ccn1. The van der Waals surface area contributed by atoms with Crippen molar-refractivity contribution in [2.24, 2.45) is 5.73 Å². The highest BCUT2D eigenvalue weighted by atomic mass is 16.7. The monoisotopic (exact) mass is 594 g/mol. The number of carbonyl (C=O) groups excluding carboxylic acids is 1. The molecule has 2 heterocycles. The predicted molar refractivity (Wildman–Crippen MR) is 163 cm³/mol. The summed E-state index contributed by atoms with van der Waals surface area (Å²) >= 11 is 0. The second-order valence-corrected chi connectivity index (χ2v) is 12.9. The van der Waals surface area contributed by atoms with Gasteiger partial charge in [0.25, 0.3) is 5.69 Å². The minimum atomic E-state index is -0.834. The quantitative estimate of drug-likeness (QED) is 0.104. The fourth-order valence-corrected chi connectivity index (χ4v) is 4.95. The van der Waals surface area contributed by atoms with Crippen LogP contribution in [0.1, 0.15) is 85.3 Å². The Hall–Kier alpha value is -4.19. The number of benzene rings is 1. The lowest BCUT2D eigenvalue weighted by Gasteiger charge is -2.23. The van der Waals surface area contributed by atoms with Gasteiger partial charge in [0.05, 0.1) is 22.3 Å². The summed E-state index contributed by atoms with van der Waals surface area (Å²) in [6.07, 6.45) is 4.29. The van der Waals surface area contributed by atoms with Crippen molar-refractivity contribution in [2.75, 3.05) is 5.32 Å². The zero-order chi connectivity index (χ0) is 31.4. The number of ether oxygens (including phenoxy) is 3. The summed E-state index contributed by atoms with van der Waals surface area (Å²) in [5, 5.41) is 19.3. The van der Waals surface area contributed by atoms with E-state index in [9.17, 15) is 14.9 Å². The first kappa shape index (κ1) is 31.7. The Labute approximate surface area is 252 Å². The maximum absolute atomic E-state index is 12.4. The molecule has 4 rings (SSSR count). The molecule has 12 heteroatoms. The molecule has 3 N–H and O–H groups in total. The van der Waals surface area contributed by atoms with Gasteiger partial charge in [-0.15, -0.1) is 0 Å². The number of nitrogens with two attached hydrogens (primary N) is 1. The lowest BCUT2D eigenvalue weighted by molar-refractivity contribution is -0.384. The van der Waals surface area contributed by atoms with Gasteiger partial charge in [0.2, 0.25) is 5.88 Å². The maximum Gasteiger partial charge on any atom is 0.514 e. The van der Waals surface area contributed by atoms with E-state index in [0.717, 1.165) is 36.5 Å². The number of nitrogens with zero attached hydrogens (tertiary/aromatic N) is 4. The van der Waals surface area contributed by atoms with Crippen LogP contribution in [0.5, 0.6) is 11.6 Å². The zero-order valence-corrected chi connectivity index (χ0v) is 25.7. The maximum atomic E-state index is 12.4. The van der Waals surface area contributed by atoms with Gasteiger partial charge in [-0.25, -0.2) is 14.5 Å². The van der Waals surface area contributed by atoms with Crippen LogP contribution in [0.25, 0.3) is 0 Å². The Morgan fingerprint density at radius 1 is 1.16 bits per heavy atom. The van der Waals surface area contributed by atoms with Crippen LogP contribution in [0, 0.1) is 10.1 Å². The van der Waals surface area contributed by atoms with E-state index in [0.29, 0.717) is 18.7 Å². The molecular formula is C31H42N6O6. The molecule has 1 unspecified atom stereocenters. The number of hydrogen-bond acceptors (Lipinski definition) is 10. The molecule has 12 nitrogen and oxygen atoms in total. The number of nitrogens with one attached hydrogen (secondary N) is 1. The number of pyridine rings is 1. The largest absolute Gasteiger partial charge is 0.514 e. The Balaban J connectivity index is 1.39. The molecular weight excluding hydrogens is 552 g/mol. The fourth-order valence-electron chi connectivity index (χ4n) is 4.95. The average Bonchev–Trinajstić information content (AvgIpc) is 3.55. The van der Waals surface area contributed by atoms with E-state index in [1.54, 1.807) is 6.20 Å². The third-order valence-corrected chi connectivity index (χ3v) is 7.20. The summed E-state index contributed by atoms with van der Waals surface area (Å²) in [6, 6.07) is 11.1. The lowest BCUT2D eigenvalue weighted by Crippen LogP contribution is -2.33. The van der Waals surface area contributed by atoms with Crippen LogP contribution in [0.4, 0.5) is 22.0 Å². The van der Waals surface area contributed by atoms with E-state index >= 15 is 0 Å². The van der Waals surface area contributed by atoms with Crippen molar-refractivity contribution < 1.29 is 23.9 Å². The Bertz CT molecular complexity index is 1410. The van der Waals surface area contributed by atoms with E-state index in [-0.39, 0.29) is 40.6 Å². The summed E-state index contributed by atoms with van der Waals surface area (Å²) in [4.78, 5) is 27.1. The second kappa shape index (κ2) is 13.0. The number of non-ortho nitro benzene ring substituents is 1. The zero-order valence-electron chi connectivity index (χ0n) is 25.7. The highest BCUT2D eigenvalue weighted by Gasteiger charge is 2.32. The molecule has 1 aromatic carbocycles. The van der Waals surface area contributed by atoms with Crippen LogP contribution in [0.15, 0.2) is 48.7 Å². The minimum absolute atomic E-state index is 0.0266. The fraction of sp³-hybridized carbons (Fsp3) is 0.516. The van der Waals surface area contributed by atoms with E-state index in [1.165, 1.54) is 24.3 Å². The van der Waals surface area contributed by atoms with Gasteiger partial charge in [-0.2, -0.15) is 5.10 Å². The molecule has 1 saturated carbocycles. The molecule has 3 aromatic rings. The highest BCUT2D eigenvalue weighted by molar-refractivity contribution is 5.64. The molecule has 1 aliphatic carbocycles. The normalized spacial score (nSPS) is 17.7. The van der Waals surface area contributed by atoms with Gasteiger partial charge in [-0.1, -0.05) is 0 Å². The Kier molecular flexibility index (Phi) is 9.59. The lowest BCUT2D eigenvalue weighted by atomic mass is 9.98. The van der Waals surface area contributed by atoms with Crippen molar-refractivity contribution >= 4 is 23.3 Å². The second-order valence-electron chi connectivity index (χ2n) is 12.9. The molecule has 1 fully saturated rings. The van der Waals surface area contributed by atoms with Gasteiger partial charge < -0.3 is 25.3 Å². The molecule has 3 atom stereocenters. The minimum Gasteiger partial charge on any atom is -0.475 e. The van der Waals surface area contributed by atoms with Crippen LogP contribution in [-0.4, -0.2) is 43.6 Å². The standard InChI is InChI=1S/C31H42N6O6/c1-20(13-15-31(5,6)32)41-28-18-22(14-16-33-28)34-27-19-26(35-36(27)30(2,3)4)21-7-10-25(17-21)43-29(38)42-24-11-8-23(9-12-24)37(39)40/h8-9,11-12,14,16,18-21,25H,7,10,13,15,17,32H2,1-6H3,(H,33,34)/t20?,21-,25+/m0/s1. The Morgan fingerprint density at radius 3 is 2.53 bits per heavy atom. The molecule has 0 aliphatic heterocycles. The topological polar surface area (TPSA) is 157 Å². The van der Waals surface area contributed by atoms with Crippen molar-refractivity contribution in [3.8, 4) is 11.6 Å². The summed E-state index contributed by atoms with van der Waals surface area (Å²) in [7, 11) is 0. The van der Waals surface area contributed by atoms with E-state index in [1.807, 2.05) is 43.7 Å². The van der Waals surface area contributed by atoms with E-state index in [2.05, 4.69) is 31.1 Å². The molecule has 0 amide bonds.